The van der Waals surface area contributed by atoms with Gasteiger partial charge in [-0.3, -0.25) is 4.99 Å². The lowest BCUT2D eigenvalue weighted by molar-refractivity contribution is -0.131. The molecule has 0 unspecified atom stereocenters. The van der Waals surface area contributed by atoms with Gasteiger partial charge in [0.25, 0.3) is 0 Å². The molecule has 0 aromatic heterocycles. The lowest BCUT2D eigenvalue weighted by Gasteiger charge is -2.09. The number of hydrogen-bond acceptors (Lipinski definition) is 3. The average Bonchev–Trinajstić information content (AvgIpc) is 2.53. The fraction of sp³-hybridized carbons (Fsp3) is 0.158. The molecule has 0 atom stereocenters. The van der Waals surface area contributed by atoms with E-state index < -0.39 is 5.97 Å². The summed E-state index contributed by atoms with van der Waals surface area (Å²) in [5.74, 6) is -0.269. The van der Waals surface area contributed by atoms with Gasteiger partial charge in [0.1, 0.15) is 5.75 Å². The minimum atomic E-state index is -0.977. The average molecular weight is 309 g/mol. The molecule has 0 fully saturated rings. The highest BCUT2D eigenvalue weighted by atomic mass is 16.5. The van der Waals surface area contributed by atoms with Crippen molar-refractivity contribution in [2.24, 2.45) is 4.99 Å². The van der Waals surface area contributed by atoms with Gasteiger partial charge in [0, 0.05) is 23.9 Å². The monoisotopic (exact) mass is 309 g/mol. The van der Waals surface area contributed by atoms with E-state index >= 15 is 0 Å². The maximum atomic E-state index is 10.9. The highest BCUT2D eigenvalue weighted by Gasteiger charge is 2.07. The largest absolute Gasteiger partial charge is 0.494 e. The van der Waals surface area contributed by atoms with Crippen molar-refractivity contribution in [2.75, 3.05) is 6.61 Å². The van der Waals surface area contributed by atoms with Gasteiger partial charge in [-0.1, -0.05) is 30.3 Å². The van der Waals surface area contributed by atoms with Crippen LogP contribution in [0.4, 0.5) is 5.69 Å². The lowest BCUT2D eigenvalue weighted by Crippen LogP contribution is -1.94. The maximum absolute atomic E-state index is 10.9. The van der Waals surface area contributed by atoms with E-state index in [1.165, 1.54) is 6.08 Å². The molecule has 0 radical (unpaired) electrons. The van der Waals surface area contributed by atoms with Gasteiger partial charge in [-0.25, -0.2) is 4.79 Å². The Morgan fingerprint density at radius 2 is 1.96 bits per heavy atom. The third-order valence-corrected chi connectivity index (χ3v) is 3.20. The Labute approximate surface area is 135 Å². The van der Waals surface area contributed by atoms with Crippen LogP contribution in [-0.4, -0.2) is 23.9 Å². The Kier molecular flexibility index (Phi) is 5.69. The van der Waals surface area contributed by atoms with E-state index in [1.54, 1.807) is 13.1 Å². The van der Waals surface area contributed by atoms with Crippen LogP contribution >= 0.6 is 0 Å². The van der Waals surface area contributed by atoms with Gasteiger partial charge < -0.3 is 9.84 Å². The summed E-state index contributed by atoms with van der Waals surface area (Å²) in [6.45, 7) is 4.23. The van der Waals surface area contributed by atoms with Gasteiger partial charge in [0.2, 0.25) is 0 Å². The summed E-state index contributed by atoms with van der Waals surface area (Å²) < 4.78 is 5.50. The standard InChI is InChI=1S/C19H19NO3/c1-3-23-16-9-10-17(14(2)11-19(21)22)18(12-16)20-13-15-7-5-4-6-8-15/h4-13H,3H2,1-2H3,(H,21,22). The molecule has 2 aromatic carbocycles. The minimum Gasteiger partial charge on any atom is -0.494 e. The maximum Gasteiger partial charge on any atom is 0.328 e. The first-order valence-corrected chi connectivity index (χ1v) is 7.37. The molecule has 0 aliphatic rings. The third kappa shape index (κ3) is 4.81. The van der Waals surface area contributed by atoms with E-state index in [4.69, 9.17) is 9.84 Å². The van der Waals surface area contributed by atoms with E-state index in [0.717, 1.165) is 11.1 Å². The Hall–Kier alpha value is -2.88. The van der Waals surface area contributed by atoms with Crippen LogP contribution in [0.3, 0.4) is 0 Å². The number of carboxylic acid groups (broad SMARTS) is 1. The van der Waals surface area contributed by atoms with E-state index in [-0.39, 0.29) is 0 Å². The third-order valence-electron chi connectivity index (χ3n) is 3.20. The fourth-order valence-electron chi connectivity index (χ4n) is 2.15. The van der Waals surface area contributed by atoms with Crippen molar-refractivity contribution in [1.82, 2.24) is 0 Å². The van der Waals surface area contributed by atoms with Crippen LogP contribution in [0, 0.1) is 0 Å². The van der Waals surface area contributed by atoms with Crippen molar-refractivity contribution >= 4 is 23.4 Å². The van der Waals surface area contributed by atoms with E-state index in [0.29, 0.717) is 23.6 Å². The molecule has 0 aliphatic carbocycles. The van der Waals surface area contributed by atoms with Crippen molar-refractivity contribution in [3.05, 3.63) is 65.7 Å². The Balaban J connectivity index is 2.42. The SMILES string of the molecule is CCOc1ccc(C(C)=CC(=O)O)c(N=Cc2ccccc2)c1. The number of rotatable bonds is 6. The minimum absolute atomic E-state index is 0.561. The molecule has 23 heavy (non-hydrogen) atoms. The van der Waals surface area contributed by atoms with Crippen LogP contribution in [0.1, 0.15) is 25.0 Å². The molecule has 0 amide bonds. The zero-order valence-corrected chi connectivity index (χ0v) is 13.2. The Bertz CT molecular complexity index is 734. The van der Waals surface area contributed by atoms with Crippen molar-refractivity contribution in [2.45, 2.75) is 13.8 Å². The van der Waals surface area contributed by atoms with Crippen molar-refractivity contribution in [3.63, 3.8) is 0 Å². The number of aliphatic imine (C=N–C) groups is 1. The van der Waals surface area contributed by atoms with Gasteiger partial charge in [-0.2, -0.15) is 0 Å². The smallest absolute Gasteiger partial charge is 0.328 e. The summed E-state index contributed by atoms with van der Waals surface area (Å²) in [6, 6.07) is 15.2. The highest BCUT2D eigenvalue weighted by molar-refractivity contribution is 5.92. The number of allylic oxidation sites excluding steroid dienone is 1. The predicted octanol–water partition coefficient (Wildman–Crippen LogP) is 4.32. The fourth-order valence-corrected chi connectivity index (χ4v) is 2.15. The lowest BCUT2D eigenvalue weighted by atomic mass is 10.0. The quantitative estimate of drug-likeness (QED) is 0.638. The Morgan fingerprint density at radius 1 is 1.22 bits per heavy atom. The first-order valence-electron chi connectivity index (χ1n) is 7.37. The molecule has 1 N–H and O–H groups in total. The van der Waals surface area contributed by atoms with Crippen molar-refractivity contribution in [1.29, 1.82) is 0 Å². The van der Waals surface area contributed by atoms with Crippen LogP contribution in [0.15, 0.2) is 59.6 Å². The molecule has 118 valence electrons. The molecular formula is C19H19NO3. The molecule has 0 aliphatic heterocycles. The second-order valence-corrected chi connectivity index (χ2v) is 4.95. The second-order valence-electron chi connectivity index (χ2n) is 4.95. The van der Waals surface area contributed by atoms with Crippen LogP contribution in [0.5, 0.6) is 5.75 Å². The molecule has 0 saturated carbocycles. The number of carboxylic acids is 1. The van der Waals surface area contributed by atoms with Gasteiger partial charge in [0.05, 0.1) is 12.3 Å². The van der Waals surface area contributed by atoms with Gasteiger partial charge >= 0.3 is 5.97 Å². The molecule has 0 spiro atoms. The Morgan fingerprint density at radius 3 is 2.61 bits per heavy atom. The zero-order valence-electron chi connectivity index (χ0n) is 13.2. The number of benzene rings is 2. The van der Waals surface area contributed by atoms with E-state index in [1.807, 2.05) is 55.5 Å². The van der Waals surface area contributed by atoms with Crippen LogP contribution < -0.4 is 4.74 Å². The molecule has 0 heterocycles. The van der Waals surface area contributed by atoms with Crippen LogP contribution in [0.25, 0.3) is 5.57 Å². The normalized spacial score (nSPS) is 11.7. The molecular weight excluding hydrogens is 290 g/mol. The summed E-state index contributed by atoms with van der Waals surface area (Å²) in [6.07, 6.45) is 2.93. The predicted molar refractivity (Wildman–Crippen MR) is 92.6 cm³/mol. The first-order chi connectivity index (χ1) is 11.1. The summed E-state index contributed by atoms with van der Waals surface area (Å²) in [4.78, 5) is 15.4. The summed E-state index contributed by atoms with van der Waals surface area (Å²) in [5.41, 5.74) is 3.05. The zero-order chi connectivity index (χ0) is 16.7. The first kappa shape index (κ1) is 16.5. The molecule has 2 rings (SSSR count). The molecule has 0 saturated heterocycles. The number of nitrogens with zero attached hydrogens (tertiary/aromatic N) is 1. The van der Waals surface area contributed by atoms with Crippen LogP contribution in [-0.2, 0) is 4.79 Å². The van der Waals surface area contributed by atoms with Crippen molar-refractivity contribution < 1.29 is 14.6 Å². The number of hydrogen-bond donors (Lipinski definition) is 1. The van der Waals surface area contributed by atoms with Gasteiger partial charge in [-0.05, 0) is 37.1 Å². The van der Waals surface area contributed by atoms with Gasteiger partial charge in [-0.15, -0.1) is 0 Å². The van der Waals surface area contributed by atoms with Crippen molar-refractivity contribution in [3.8, 4) is 5.75 Å². The summed E-state index contributed by atoms with van der Waals surface area (Å²) in [7, 11) is 0. The molecule has 0 bridgehead atoms. The molecule has 4 nitrogen and oxygen atoms in total. The summed E-state index contributed by atoms with van der Waals surface area (Å²) in [5, 5.41) is 8.94. The van der Waals surface area contributed by atoms with E-state index in [9.17, 15) is 4.79 Å². The number of ether oxygens (including phenoxy) is 1. The summed E-state index contributed by atoms with van der Waals surface area (Å²) >= 11 is 0. The van der Waals surface area contributed by atoms with E-state index in [2.05, 4.69) is 4.99 Å². The highest BCUT2D eigenvalue weighted by Crippen LogP contribution is 2.30. The molecule has 4 heteroatoms. The number of aliphatic carboxylic acids is 1. The number of carbonyl (C=O) groups is 1. The van der Waals surface area contributed by atoms with Gasteiger partial charge in [0.15, 0.2) is 0 Å². The van der Waals surface area contributed by atoms with Crippen LogP contribution in [0.2, 0.25) is 0 Å². The molecule has 2 aromatic rings. The topological polar surface area (TPSA) is 58.9 Å². The second kappa shape index (κ2) is 7.94.